The Morgan fingerprint density at radius 1 is 1.59 bits per heavy atom. The molecule has 2 rings (SSSR count). The fourth-order valence-electron chi connectivity index (χ4n) is 2.52. The number of nitrogens with one attached hydrogen (secondary N) is 1. The van der Waals surface area contributed by atoms with Crippen molar-refractivity contribution in [2.45, 2.75) is 25.5 Å². The van der Waals surface area contributed by atoms with Gasteiger partial charge in [-0.2, -0.15) is 0 Å². The Balaban J connectivity index is 0.00000242. The molecule has 2 N–H and O–H groups in total. The van der Waals surface area contributed by atoms with Crippen LogP contribution in [0.1, 0.15) is 24.3 Å². The van der Waals surface area contributed by atoms with Crippen molar-refractivity contribution in [3.8, 4) is 0 Å². The maximum absolute atomic E-state index is 9.70. The summed E-state index contributed by atoms with van der Waals surface area (Å²) < 4.78 is 0. The number of thiophene rings is 1. The highest BCUT2D eigenvalue weighted by Crippen LogP contribution is 2.23. The van der Waals surface area contributed by atoms with Gasteiger partial charge in [0.05, 0.1) is 18.7 Å². The van der Waals surface area contributed by atoms with E-state index in [1.54, 1.807) is 11.3 Å². The maximum Gasteiger partial charge on any atom is 0.194 e. The van der Waals surface area contributed by atoms with Crippen LogP contribution in [0.25, 0.3) is 0 Å². The second-order valence-corrected chi connectivity index (χ2v) is 6.56. The van der Waals surface area contributed by atoms with Crippen LogP contribution in [0.4, 0.5) is 0 Å². The minimum absolute atomic E-state index is 0. The maximum atomic E-state index is 9.70. The first-order chi connectivity index (χ1) is 10.1. The standard InChI is InChI=1S/C15H26N4OS.HI/c1-4-16-15(19-8-7-12(20)11-19)17-10-13(18(2)3)14-6-5-9-21-14;/h5-6,9,12-13,20H,4,7-8,10-11H2,1-3H3,(H,16,17);1H/t12-,13?;/m1./s1. The van der Waals surface area contributed by atoms with Gasteiger partial charge in [-0.25, -0.2) is 0 Å². The summed E-state index contributed by atoms with van der Waals surface area (Å²) in [6.07, 6.45) is 0.600. The third-order valence-electron chi connectivity index (χ3n) is 3.71. The third kappa shape index (κ3) is 5.36. The monoisotopic (exact) mass is 438 g/mol. The van der Waals surface area contributed by atoms with Crippen LogP contribution in [0.5, 0.6) is 0 Å². The van der Waals surface area contributed by atoms with Gasteiger partial charge in [-0.3, -0.25) is 4.99 Å². The number of β-amino-alcohol motifs (C(OH)–C–C–N with tert-alkyl or cyclic N) is 1. The van der Waals surface area contributed by atoms with Gasteiger partial charge in [-0.15, -0.1) is 35.3 Å². The van der Waals surface area contributed by atoms with Crippen LogP contribution in [0.2, 0.25) is 0 Å². The summed E-state index contributed by atoms with van der Waals surface area (Å²) in [4.78, 5) is 10.5. The van der Waals surface area contributed by atoms with Crippen molar-refractivity contribution in [2.75, 3.05) is 40.3 Å². The van der Waals surface area contributed by atoms with E-state index < -0.39 is 0 Å². The van der Waals surface area contributed by atoms with E-state index in [0.717, 1.165) is 32.0 Å². The number of likely N-dealkylation sites (N-methyl/N-ethyl adjacent to an activating group) is 1. The Morgan fingerprint density at radius 3 is 2.86 bits per heavy atom. The van der Waals surface area contributed by atoms with Gasteiger partial charge in [0.15, 0.2) is 5.96 Å². The van der Waals surface area contributed by atoms with E-state index in [2.05, 4.69) is 53.6 Å². The molecule has 0 amide bonds. The molecule has 0 bridgehead atoms. The van der Waals surface area contributed by atoms with Gasteiger partial charge in [0.25, 0.3) is 0 Å². The molecule has 1 aromatic rings. The second-order valence-electron chi connectivity index (χ2n) is 5.58. The second kappa shape index (κ2) is 9.69. The lowest BCUT2D eigenvalue weighted by Gasteiger charge is -2.24. The van der Waals surface area contributed by atoms with Crippen LogP contribution in [0.15, 0.2) is 22.5 Å². The fourth-order valence-corrected chi connectivity index (χ4v) is 3.44. The molecule has 0 spiro atoms. The van der Waals surface area contributed by atoms with Crippen LogP contribution in [-0.2, 0) is 0 Å². The van der Waals surface area contributed by atoms with E-state index >= 15 is 0 Å². The van der Waals surface area contributed by atoms with Gasteiger partial charge >= 0.3 is 0 Å². The molecule has 22 heavy (non-hydrogen) atoms. The molecule has 5 nitrogen and oxygen atoms in total. The molecule has 1 aliphatic rings. The van der Waals surface area contributed by atoms with Gasteiger partial charge in [0.1, 0.15) is 0 Å². The molecule has 126 valence electrons. The zero-order valence-electron chi connectivity index (χ0n) is 13.5. The van der Waals surface area contributed by atoms with Crippen LogP contribution >= 0.6 is 35.3 Å². The number of aliphatic imine (C=N–C) groups is 1. The molecule has 1 aliphatic heterocycles. The van der Waals surface area contributed by atoms with E-state index in [1.807, 2.05) is 0 Å². The number of likely N-dealkylation sites (tertiary alicyclic amines) is 1. The van der Waals surface area contributed by atoms with Crippen molar-refractivity contribution in [3.63, 3.8) is 0 Å². The van der Waals surface area contributed by atoms with Crippen LogP contribution < -0.4 is 5.32 Å². The number of halogens is 1. The highest BCUT2D eigenvalue weighted by Gasteiger charge is 2.23. The number of rotatable bonds is 5. The molecule has 1 saturated heterocycles. The lowest BCUT2D eigenvalue weighted by molar-refractivity contribution is 0.187. The van der Waals surface area contributed by atoms with E-state index in [0.29, 0.717) is 12.6 Å². The topological polar surface area (TPSA) is 51.1 Å². The van der Waals surface area contributed by atoms with Crippen molar-refractivity contribution >= 4 is 41.3 Å². The minimum atomic E-state index is -0.226. The summed E-state index contributed by atoms with van der Waals surface area (Å²) in [5.41, 5.74) is 0. The van der Waals surface area contributed by atoms with E-state index in [1.165, 1.54) is 4.88 Å². The Morgan fingerprint density at radius 2 is 2.36 bits per heavy atom. The number of guanidine groups is 1. The zero-order valence-corrected chi connectivity index (χ0v) is 16.7. The van der Waals surface area contributed by atoms with Crippen LogP contribution in [0.3, 0.4) is 0 Å². The molecule has 0 radical (unpaired) electrons. The molecule has 1 unspecified atom stereocenters. The molecule has 0 saturated carbocycles. The summed E-state index contributed by atoms with van der Waals surface area (Å²) in [6.45, 7) is 5.19. The lowest BCUT2D eigenvalue weighted by Crippen LogP contribution is -2.41. The first kappa shape index (κ1) is 19.7. The number of aliphatic hydroxyl groups excluding tert-OH is 1. The van der Waals surface area contributed by atoms with Gasteiger partial charge in [0, 0.05) is 24.5 Å². The summed E-state index contributed by atoms with van der Waals surface area (Å²) >= 11 is 1.77. The van der Waals surface area contributed by atoms with Crippen molar-refractivity contribution in [3.05, 3.63) is 22.4 Å². The molecular weight excluding hydrogens is 411 g/mol. The van der Waals surface area contributed by atoms with E-state index in [9.17, 15) is 5.11 Å². The zero-order chi connectivity index (χ0) is 15.2. The molecule has 7 heteroatoms. The Kier molecular flexibility index (Phi) is 8.66. The predicted octanol–water partition coefficient (Wildman–Crippen LogP) is 2.00. The Labute approximate surface area is 154 Å². The smallest absolute Gasteiger partial charge is 0.194 e. The van der Waals surface area contributed by atoms with Gasteiger partial charge in [-0.1, -0.05) is 6.07 Å². The fraction of sp³-hybridized carbons (Fsp3) is 0.667. The molecular formula is C15H27IN4OS. The summed E-state index contributed by atoms with van der Waals surface area (Å²) in [7, 11) is 4.18. The SMILES string of the molecule is CCNC(=NCC(c1cccs1)N(C)C)N1CC[C@@H](O)C1.I. The van der Waals surface area contributed by atoms with Crippen molar-refractivity contribution in [1.82, 2.24) is 15.1 Å². The van der Waals surface area contributed by atoms with Crippen molar-refractivity contribution in [2.24, 2.45) is 4.99 Å². The molecule has 2 atom stereocenters. The van der Waals surface area contributed by atoms with E-state index in [4.69, 9.17) is 4.99 Å². The molecule has 0 aromatic carbocycles. The average molecular weight is 438 g/mol. The largest absolute Gasteiger partial charge is 0.391 e. The van der Waals surface area contributed by atoms with Gasteiger partial charge in [-0.05, 0) is 38.9 Å². The number of hydrogen-bond acceptors (Lipinski definition) is 4. The van der Waals surface area contributed by atoms with Crippen molar-refractivity contribution in [1.29, 1.82) is 0 Å². The molecule has 1 fully saturated rings. The molecule has 0 aliphatic carbocycles. The first-order valence-electron chi connectivity index (χ1n) is 7.53. The van der Waals surface area contributed by atoms with Crippen molar-refractivity contribution < 1.29 is 5.11 Å². The third-order valence-corrected chi connectivity index (χ3v) is 4.68. The van der Waals surface area contributed by atoms with Crippen LogP contribution in [-0.4, -0.2) is 67.2 Å². The lowest BCUT2D eigenvalue weighted by atomic mass is 10.2. The minimum Gasteiger partial charge on any atom is -0.391 e. The Hall–Kier alpha value is -0.380. The average Bonchev–Trinajstić information content (AvgIpc) is 3.09. The quantitative estimate of drug-likeness (QED) is 0.420. The highest BCUT2D eigenvalue weighted by molar-refractivity contribution is 14.0. The summed E-state index contributed by atoms with van der Waals surface area (Å²) in [5.74, 6) is 0.914. The number of nitrogens with zero attached hydrogens (tertiary/aromatic N) is 3. The summed E-state index contributed by atoms with van der Waals surface area (Å²) in [6, 6.07) is 4.55. The molecule has 2 heterocycles. The predicted molar refractivity (Wildman–Crippen MR) is 104 cm³/mol. The van der Waals surface area contributed by atoms with Crippen LogP contribution in [0, 0.1) is 0 Å². The highest BCUT2D eigenvalue weighted by atomic mass is 127. The van der Waals surface area contributed by atoms with Gasteiger partial charge in [0.2, 0.25) is 0 Å². The normalized spacial score (nSPS) is 20.1. The number of aliphatic hydroxyl groups is 1. The summed E-state index contributed by atoms with van der Waals surface area (Å²) in [5, 5.41) is 15.1. The van der Waals surface area contributed by atoms with E-state index in [-0.39, 0.29) is 30.1 Å². The van der Waals surface area contributed by atoms with Gasteiger partial charge < -0.3 is 20.2 Å². The first-order valence-corrected chi connectivity index (χ1v) is 8.41. The Bertz CT molecular complexity index is 452. The number of hydrogen-bond donors (Lipinski definition) is 2. The molecule has 1 aromatic heterocycles.